The fraction of sp³-hybridized carbons (Fsp3) is 0.250. The molecule has 1 unspecified atom stereocenters. The van der Waals surface area contributed by atoms with Crippen molar-refractivity contribution in [3.63, 3.8) is 0 Å². The lowest BCUT2D eigenvalue weighted by Crippen LogP contribution is -2.08. The van der Waals surface area contributed by atoms with Crippen molar-refractivity contribution in [2.45, 2.75) is 13.0 Å². The van der Waals surface area contributed by atoms with Gasteiger partial charge in [-0.05, 0) is 24.6 Å². The summed E-state index contributed by atoms with van der Waals surface area (Å²) in [5.74, 6) is 1.44. The van der Waals surface area contributed by atoms with E-state index in [1.54, 1.807) is 38.5 Å². The van der Waals surface area contributed by atoms with Crippen LogP contribution < -0.4 is 14.8 Å². The van der Waals surface area contributed by atoms with Crippen LogP contribution in [0.2, 0.25) is 5.02 Å². The second-order valence-electron chi connectivity index (χ2n) is 4.65. The third-order valence-corrected chi connectivity index (χ3v) is 3.51. The highest BCUT2D eigenvalue weighted by atomic mass is 35.5. The van der Waals surface area contributed by atoms with E-state index in [9.17, 15) is 5.11 Å². The van der Waals surface area contributed by atoms with Crippen molar-refractivity contribution in [2.75, 3.05) is 19.5 Å². The highest BCUT2D eigenvalue weighted by Crippen LogP contribution is 2.37. The summed E-state index contributed by atoms with van der Waals surface area (Å²) in [6.45, 7) is 2.00. The monoisotopic (exact) mass is 307 g/mol. The van der Waals surface area contributed by atoms with Crippen LogP contribution in [0.1, 0.15) is 18.5 Å². The van der Waals surface area contributed by atoms with Gasteiger partial charge in [-0.15, -0.1) is 0 Å². The fourth-order valence-corrected chi connectivity index (χ4v) is 2.31. The Kier molecular flexibility index (Phi) is 4.81. The van der Waals surface area contributed by atoms with Crippen molar-refractivity contribution in [1.82, 2.24) is 0 Å². The minimum absolute atomic E-state index is 0.0168. The maximum atomic E-state index is 9.56. The Morgan fingerprint density at radius 2 is 1.81 bits per heavy atom. The number of rotatable bonds is 5. The summed E-state index contributed by atoms with van der Waals surface area (Å²) in [5, 5.41) is 13.4. The molecule has 0 aromatic heterocycles. The van der Waals surface area contributed by atoms with Crippen LogP contribution in [0.3, 0.4) is 0 Å². The maximum Gasteiger partial charge on any atom is 0.143 e. The van der Waals surface area contributed by atoms with Gasteiger partial charge in [-0.1, -0.05) is 23.7 Å². The van der Waals surface area contributed by atoms with Crippen LogP contribution in [-0.4, -0.2) is 19.3 Å². The van der Waals surface area contributed by atoms with Gasteiger partial charge in [-0.25, -0.2) is 0 Å². The number of hydrogen-bond donors (Lipinski definition) is 2. The molecule has 0 bridgehead atoms. The molecule has 0 heterocycles. The molecule has 0 saturated carbocycles. The number of benzene rings is 2. The van der Waals surface area contributed by atoms with Gasteiger partial charge in [0.15, 0.2) is 0 Å². The van der Waals surface area contributed by atoms with Gasteiger partial charge in [0.1, 0.15) is 17.2 Å². The second-order valence-corrected chi connectivity index (χ2v) is 5.06. The van der Waals surface area contributed by atoms with E-state index >= 15 is 0 Å². The molecule has 5 heteroatoms. The van der Waals surface area contributed by atoms with Gasteiger partial charge >= 0.3 is 0 Å². The van der Waals surface area contributed by atoms with Crippen LogP contribution in [0.15, 0.2) is 36.4 Å². The number of phenolic OH excluding ortho intramolecular Hbond substituents is 1. The molecular weight excluding hydrogens is 290 g/mol. The maximum absolute atomic E-state index is 9.56. The van der Waals surface area contributed by atoms with E-state index in [-0.39, 0.29) is 11.8 Å². The average molecular weight is 308 g/mol. The molecule has 4 nitrogen and oxygen atoms in total. The van der Waals surface area contributed by atoms with Crippen molar-refractivity contribution in [3.05, 3.63) is 47.0 Å². The first-order valence-electron chi connectivity index (χ1n) is 6.52. The summed E-state index contributed by atoms with van der Waals surface area (Å²) in [4.78, 5) is 0. The summed E-state index contributed by atoms with van der Waals surface area (Å²) in [6.07, 6.45) is 0. The third kappa shape index (κ3) is 3.52. The van der Waals surface area contributed by atoms with Crippen LogP contribution in [0, 0.1) is 0 Å². The Morgan fingerprint density at radius 1 is 1.10 bits per heavy atom. The van der Waals surface area contributed by atoms with Gasteiger partial charge in [-0.3, -0.25) is 0 Å². The molecule has 2 rings (SSSR count). The Balaban J connectivity index is 2.29. The fourth-order valence-electron chi connectivity index (χ4n) is 2.08. The zero-order valence-corrected chi connectivity index (χ0v) is 12.9. The molecule has 1 atom stereocenters. The van der Waals surface area contributed by atoms with Gasteiger partial charge in [0, 0.05) is 18.2 Å². The Morgan fingerprint density at radius 3 is 2.43 bits per heavy atom. The number of nitrogens with one attached hydrogen (secondary N) is 1. The minimum atomic E-state index is -0.0168. The van der Waals surface area contributed by atoms with Crippen molar-refractivity contribution in [1.29, 1.82) is 0 Å². The summed E-state index contributed by atoms with van der Waals surface area (Å²) < 4.78 is 10.6. The molecule has 0 spiro atoms. The summed E-state index contributed by atoms with van der Waals surface area (Å²) in [7, 11) is 3.15. The zero-order valence-electron chi connectivity index (χ0n) is 12.2. The predicted molar refractivity (Wildman–Crippen MR) is 84.7 cm³/mol. The first kappa shape index (κ1) is 15.3. The number of anilines is 1. The number of hydrogen-bond acceptors (Lipinski definition) is 4. The lowest BCUT2D eigenvalue weighted by atomic mass is 10.1. The quantitative estimate of drug-likeness (QED) is 0.867. The lowest BCUT2D eigenvalue weighted by molar-refractivity contribution is 0.404. The van der Waals surface area contributed by atoms with Crippen LogP contribution in [0.25, 0.3) is 0 Å². The standard InChI is InChI=1S/C16H18ClNO3/c1-10(11-5-4-6-12(19)7-11)18-14-9-15(20-2)13(17)8-16(14)21-3/h4-10,18-19H,1-3H3. The number of ether oxygens (including phenoxy) is 2. The second kappa shape index (κ2) is 6.59. The van der Waals surface area contributed by atoms with Crippen LogP contribution in [0.5, 0.6) is 17.2 Å². The van der Waals surface area contributed by atoms with Crippen molar-refractivity contribution < 1.29 is 14.6 Å². The largest absolute Gasteiger partial charge is 0.508 e. The molecule has 0 aliphatic rings. The van der Waals surface area contributed by atoms with Gasteiger partial charge in [-0.2, -0.15) is 0 Å². The van der Waals surface area contributed by atoms with Gasteiger partial charge in [0.05, 0.1) is 24.9 Å². The van der Waals surface area contributed by atoms with E-state index in [1.807, 2.05) is 19.1 Å². The lowest BCUT2D eigenvalue weighted by Gasteiger charge is -2.19. The van der Waals surface area contributed by atoms with E-state index in [0.29, 0.717) is 16.5 Å². The van der Waals surface area contributed by atoms with Gasteiger partial charge in [0.2, 0.25) is 0 Å². The molecule has 0 aliphatic heterocycles. The molecule has 2 aromatic carbocycles. The molecule has 0 amide bonds. The minimum Gasteiger partial charge on any atom is -0.508 e. The molecule has 2 N–H and O–H groups in total. The molecule has 0 aliphatic carbocycles. The number of halogens is 1. The predicted octanol–water partition coefficient (Wildman–Crippen LogP) is 4.24. The zero-order chi connectivity index (χ0) is 15.4. The third-order valence-electron chi connectivity index (χ3n) is 3.22. The summed E-state index contributed by atoms with van der Waals surface area (Å²) in [5.41, 5.74) is 1.74. The summed E-state index contributed by atoms with van der Waals surface area (Å²) in [6, 6.07) is 10.6. The topological polar surface area (TPSA) is 50.7 Å². The number of methoxy groups -OCH3 is 2. The van der Waals surface area contributed by atoms with Gasteiger partial charge < -0.3 is 19.9 Å². The molecule has 112 valence electrons. The van der Waals surface area contributed by atoms with Gasteiger partial charge in [0.25, 0.3) is 0 Å². The molecular formula is C16H18ClNO3. The Labute approximate surface area is 129 Å². The first-order valence-corrected chi connectivity index (χ1v) is 6.90. The number of aromatic hydroxyl groups is 1. The number of phenols is 1. The Hall–Kier alpha value is -2.07. The first-order chi connectivity index (χ1) is 10.0. The highest BCUT2D eigenvalue weighted by Gasteiger charge is 2.13. The normalized spacial score (nSPS) is 11.8. The van der Waals surface area contributed by atoms with Crippen LogP contribution in [0.4, 0.5) is 5.69 Å². The van der Waals surface area contributed by atoms with E-state index < -0.39 is 0 Å². The van der Waals surface area contributed by atoms with Crippen molar-refractivity contribution in [2.24, 2.45) is 0 Å². The highest BCUT2D eigenvalue weighted by molar-refractivity contribution is 6.32. The molecule has 0 fully saturated rings. The molecule has 21 heavy (non-hydrogen) atoms. The van der Waals surface area contributed by atoms with Crippen molar-refractivity contribution in [3.8, 4) is 17.2 Å². The summed E-state index contributed by atoms with van der Waals surface area (Å²) >= 11 is 6.09. The van der Waals surface area contributed by atoms with E-state index in [2.05, 4.69) is 5.32 Å². The van der Waals surface area contributed by atoms with E-state index in [0.717, 1.165) is 11.3 Å². The smallest absolute Gasteiger partial charge is 0.143 e. The van der Waals surface area contributed by atoms with Crippen LogP contribution >= 0.6 is 11.6 Å². The average Bonchev–Trinajstić information content (AvgIpc) is 2.48. The SMILES string of the molecule is COc1cc(NC(C)c2cccc(O)c2)c(OC)cc1Cl. The Bertz CT molecular complexity index is 631. The van der Waals surface area contributed by atoms with E-state index in [4.69, 9.17) is 21.1 Å². The molecule has 0 radical (unpaired) electrons. The van der Waals surface area contributed by atoms with E-state index in [1.165, 1.54) is 0 Å². The molecule has 0 saturated heterocycles. The van der Waals surface area contributed by atoms with Crippen LogP contribution in [-0.2, 0) is 0 Å². The van der Waals surface area contributed by atoms with Crippen molar-refractivity contribution >= 4 is 17.3 Å². The molecule has 2 aromatic rings.